The van der Waals surface area contributed by atoms with Crippen molar-refractivity contribution in [1.29, 1.82) is 0 Å². The number of aliphatic carboxylic acids is 1. The molecule has 122 valence electrons. The lowest BCUT2D eigenvalue weighted by Gasteiger charge is -2.26. The van der Waals surface area contributed by atoms with E-state index in [1.807, 2.05) is 24.3 Å². The van der Waals surface area contributed by atoms with Gasteiger partial charge in [0, 0.05) is 11.6 Å². The maximum atomic E-state index is 11.0. The van der Waals surface area contributed by atoms with Crippen LogP contribution < -0.4 is 9.47 Å². The number of methoxy groups -OCH3 is 1. The highest BCUT2D eigenvalue weighted by Crippen LogP contribution is 2.31. The largest absolute Gasteiger partial charge is 0.497 e. The molecule has 5 heteroatoms. The van der Waals surface area contributed by atoms with Crippen molar-refractivity contribution in [3.05, 3.63) is 30.5 Å². The Morgan fingerprint density at radius 1 is 1.26 bits per heavy atom. The third-order valence-electron chi connectivity index (χ3n) is 4.58. The van der Waals surface area contributed by atoms with Crippen LogP contribution in [0.25, 0.3) is 10.9 Å². The number of hydrogen-bond donors (Lipinski definition) is 1. The predicted octanol–water partition coefficient (Wildman–Crippen LogP) is 3.51. The maximum absolute atomic E-state index is 11.0. The molecule has 0 atom stereocenters. The van der Waals surface area contributed by atoms with E-state index in [0.29, 0.717) is 12.5 Å². The zero-order chi connectivity index (χ0) is 16.2. The monoisotopic (exact) mass is 315 g/mol. The lowest BCUT2D eigenvalue weighted by molar-refractivity contribution is -0.143. The molecule has 1 N–H and O–H groups in total. The summed E-state index contributed by atoms with van der Waals surface area (Å²) in [5.74, 6) is 1.14. The Morgan fingerprint density at radius 2 is 2.04 bits per heavy atom. The summed E-state index contributed by atoms with van der Waals surface area (Å²) in [5, 5.41) is 9.99. The van der Waals surface area contributed by atoms with Crippen molar-refractivity contribution in [2.75, 3.05) is 13.7 Å². The molecule has 1 aromatic heterocycles. The Balaban J connectivity index is 1.67. The number of nitrogens with zero attached hydrogens (tertiary/aromatic N) is 1. The van der Waals surface area contributed by atoms with E-state index in [9.17, 15) is 4.79 Å². The second kappa shape index (κ2) is 6.86. The van der Waals surface area contributed by atoms with E-state index < -0.39 is 5.97 Å². The highest BCUT2D eigenvalue weighted by molar-refractivity contribution is 5.86. The fourth-order valence-corrected chi connectivity index (χ4v) is 3.14. The summed E-state index contributed by atoms with van der Waals surface area (Å²) in [6.07, 6.45) is 5.04. The molecule has 3 rings (SSSR count). The average molecular weight is 315 g/mol. The molecule has 1 aromatic carbocycles. The number of rotatable bonds is 5. The molecule has 1 aliphatic carbocycles. The van der Waals surface area contributed by atoms with Gasteiger partial charge in [-0.1, -0.05) is 0 Å². The van der Waals surface area contributed by atoms with Gasteiger partial charge in [-0.05, 0) is 55.9 Å². The second-order valence-corrected chi connectivity index (χ2v) is 6.06. The van der Waals surface area contributed by atoms with Gasteiger partial charge in [0.1, 0.15) is 11.5 Å². The Bertz CT molecular complexity index is 692. The Kier molecular flexibility index (Phi) is 4.65. The summed E-state index contributed by atoms with van der Waals surface area (Å²) in [5.41, 5.74) is 0.873. The number of aromatic nitrogens is 1. The molecule has 5 nitrogen and oxygen atoms in total. The Labute approximate surface area is 135 Å². The van der Waals surface area contributed by atoms with Crippen molar-refractivity contribution >= 4 is 16.9 Å². The molecule has 1 aliphatic rings. The fraction of sp³-hybridized carbons (Fsp3) is 0.444. The van der Waals surface area contributed by atoms with Crippen molar-refractivity contribution in [3.63, 3.8) is 0 Å². The summed E-state index contributed by atoms with van der Waals surface area (Å²) in [6, 6.07) is 7.59. The van der Waals surface area contributed by atoms with Crippen LogP contribution in [0.2, 0.25) is 0 Å². The summed E-state index contributed by atoms with van der Waals surface area (Å²) in [6.45, 7) is 0.614. The van der Waals surface area contributed by atoms with E-state index in [-0.39, 0.29) is 5.92 Å². The first kappa shape index (κ1) is 15.6. The van der Waals surface area contributed by atoms with Gasteiger partial charge >= 0.3 is 5.97 Å². The molecule has 0 unspecified atom stereocenters. The minimum Gasteiger partial charge on any atom is -0.497 e. The summed E-state index contributed by atoms with van der Waals surface area (Å²) >= 11 is 0. The molecule has 1 fully saturated rings. The van der Waals surface area contributed by atoms with Gasteiger partial charge in [0.15, 0.2) is 0 Å². The topological polar surface area (TPSA) is 68.7 Å². The van der Waals surface area contributed by atoms with Gasteiger partial charge in [-0.25, -0.2) is 0 Å². The van der Waals surface area contributed by atoms with Gasteiger partial charge in [-0.15, -0.1) is 0 Å². The number of pyridine rings is 1. The molecule has 0 bridgehead atoms. The minimum atomic E-state index is -0.670. The van der Waals surface area contributed by atoms with Gasteiger partial charge in [-0.2, -0.15) is 0 Å². The zero-order valence-corrected chi connectivity index (χ0v) is 13.2. The Hall–Kier alpha value is -2.30. The summed E-state index contributed by atoms with van der Waals surface area (Å²) in [4.78, 5) is 15.3. The molecule has 1 heterocycles. The van der Waals surface area contributed by atoms with Crippen LogP contribution in [0.1, 0.15) is 25.7 Å². The molecule has 23 heavy (non-hydrogen) atoms. The quantitative estimate of drug-likeness (QED) is 0.914. The molecule has 2 aromatic rings. The van der Waals surface area contributed by atoms with Crippen LogP contribution >= 0.6 is 0 Å². The average Bonchev–Trinajstić information content (AvgIpc) is 2.59. The maximum Gasteiger partial charge on any atom is 0.306 e. The van der Waals surface area contributed by atoms with E-state index in [2.05, 4.69) is 4.98 Å². The zero-order valence-electron chi connectivity index (χ0n) is 13.2. The summed E-state index contributed by atoms with van der Waals surface area (Å²) < 4.78 is 11.3. The number of carboxylic acids is 1. The molecular weight excluding hydrogens is 294 g/mol. The van der Waals surface area contributed by atoms with Crippen molar-refractivity contribution in [3.8, 4) is 11.5 Å². The van der Waals surface area contributed by atoms with Crippen LogP contribution in [0, 0.1) is 11.8 Å². The third kappa shape index (κ3) is 3.55. The van der Waals surface area contributed by atoms with Crippen molar-refractivity contribution < 1.29 is 19.4 Å². The fourth-order valence-electron chi connectivity index (χ4n) is 3.14. The van der Waals surface area contributed by atoms with Gasteiger partial charge in [-0.3, -0.25) is 9.78 Å². The standard InChI is InChI=1S/C18H21NO4/c1-22-14-6-7-16-15(10-14)17(8-9-19-16)23-11-12-2-4-13(5-3-12)18(20)21/h6-10,12-13H,2-5,11H2,1H3,(H,20,21)/t12-,13-. The van der Waals surface area contributed by atoms with E-state index in [1.54, 1.807) is 13.3 Å². The second-order valence-electron chi connectivity index (χ2n) is 6.06. The number of hydrogen-bond acceptors (Lipinski definition) is 4. The molecule has 0 spiro atoms. The minimum absolute atomic E-state index is 0.183. The van der Waals surface area contributed by atoms with Crippen LogP contribution in [0.4, 0.5) is 0 Å². The highest BCUT2D eigenvalue weighted by Gasteiger charge is 2.26. The van der Waals surface area contributed by atoms with Crippen LogP contribution in [0.5, 0.6) is 11.5 Å². The van der Waals surface area contributed by atoms with Crippen LogP contribution in [-0.4, -0.2) is 29.8 Å². The molecule has 0 saturated heterocycles. The smallest absolute Gasteiger partial charge is 0.306 e. The predicted molar refractivity (Wildman–Crippen MR) is 86.9 cm³/mol. The number of fused-ring (bicyclic) bond motifs is 1. The molecule has 1 saturated carbocycles. The highest BCUT2D eigenvalue weighted by atomic mass is 16.5. The lowest BCUT2D eigenvalue weighted by Crippen LogP contribution is -2.24. The number of carboxylic acid groups (broad SMARTS) is 1. The van der Waals surface area contributed by atoms with Crippen molar-refractivity contribution in [1.82, 2.24) is 4.98 Å². The first-order valence-electron chi connectivity index (χ1n) is 7.95. The normalized spacial score (nSPS) is 21.1. The first-order chi connectivity index (χ1) is 11.2. The van der Waals surface area contributed by atoms with Crippen LogP contribution in [0.15, 0.2) is 30.5 Å². The Morgan fingerprint density at radius 3 is 2.74 bits per heavy atom. The molecular formula is C18H21NO4. The third-order valence-corrected chi connectivity index (χ3v) is 4.58. The van der Waals surface area contributed by atoms with E-state index in [0.717, 1.165) is 48.1 Å². The van der Waals surface area contributed by atoms with E-state index in [4.69, 9.17) is 14.6 Å². The lowest BCUT2D eigenvalue weighted by atomic mass is 9.82. The SMILES string of the molecule is COc1ccc2nccc(OC[C@H]3CC[C@H](C(=O)O)CC3)c2c1. The summed E-state index contributed by atoms with van der Waals surface area (Å²) in [7, 11) is 1.64. The van der Waals surface area contributed by atoms with Crippen LogP contribution in [0.3, 0.4) is 0 Å². The van der Waals surface area contributed by atoms with Crippen molar-refractivity contribution in [2.45, 2.75) is 25.7 Å². The number of ether oxygens (including phenoxy) is 2. The molecule has 0 amide bonds. The number of benzene rings is 1. The number of carbonyl (C=O) groups is 1. The van der Waals surface area contributed by atoms with Crippen LogP contribution in [-0.2, 0) is 4.79 Å². The van der Waals surface area contributed by atoms with Crippen molar-refractivity contribution in [2.24, 2.45) is 11.8 Å². The van der Waals surface area contributed by atoms with Gasteiger partial charge < -0.3 is 14.6 Å². The van der Waals surface area contributed by atoms with Gasteiger partial charge in [0.2, 0.25) is 0 Å². The molecule has 0 radical (unpaired) electrons. The van der Waals surface area contributed by atoms with E-state index in [1.165, 1.54) is 0 Å². The first-order valence-corrected chi connectivity index (χ1v) is 7.95. The van der Waals surface area contributed by atoms with E-state index >= 15 is 0 Å². The van der Waals surface area contributed by atoms with Gasteiger partial charge in [0.05, 0.1) is 25.2 Å². The molecule has 0 aliphatic heterocycles. The van der Waals surface area contributed by atoms with Gasteiger partial charge in [0.25, 0.3) is 0 Å².